The van der Waals surface area contributed by atoms with Gasteiger partial charge in [-0.1, -0.05) is 11.6 Å². The van der Waals surface area contributed by atoms with Crippen LogP contribution in [0.25, 0.3) is 11.0 Å². The van der Waals surface area contributed by atoms with Crippen LogP contribution in [0, 0.1) is 29.6 Å². The summed E-state index contributed by atoms with van der Waals surface area (Å²) in [5.41, 5.74) is 0.948. The summed E-state index contributed by atoms with van der Waals surface area (Å²) in [6, 6.07) is 8.42. The fourth-order valence-electron chi connectivity index (χ4n) is 5.55. The van der Waals surface area contributed by atoms with Crippen molar-refractivity contribution >= 4 is 22.6 Å². The van der Waals surface area contributed by atoms with Gasteiger partial charge in [-0.2, -0.15) is 0 Å². The highest BCUT2D eigenvalue weighted by atomic mass is 35.5. The Balaban J connectivity index is 1.49. The number of nitrogens with one attached hydrogen (secondary N) is 1. The summed E-state index contributed by atoms with van der Waals surface area (Å²) in [5, 5.41) is 5.42. The first-order chi connectivity index (χ1) is 10.3. The molecule has 21 heavy (non-hydrogen) atoms. The zero-order chi connectivity index (χ0) is 14.1. The van der Waals surface area contributed by atoms with Gasteiger partial charge in [-0.15, -0.1) is 0 Å². The van der Waals surface area contributed by atoms with Crippen LogP contribution in [0.1, 0.15) is 31.1 Å². The number of rotatable bonds is 3. The molecule has 2 bridgehead atoms. The molecule has 5 atom stereocenters. The molecule has 3 aliphatic carbocycles. The third kappa shape index (κ3) is 1.69. The van der Waals surface area contributed by atoms with Crippen molar-refractivity contribution in [2.24, 2.45) is 29.6 Å². The summed E-state index contributed by atoms with van der Waals surface area (Å²) < 4.78 is 6.11. The standard InChI is InChI=1S/C18H20ClNO/c1-20-18(17-15-9-2-3-10(6-9)16(15)17)14-8-11-7-12(19)4-5-13(11)21-14/h4-5,7-10,15-18,20H,2-3,6H2,1H3. The largest absolute Gasteiger partial charge is 0.459 e. The Morgan fingerprint density at radius 2 is 1.95 bits per heavy atom. The van der Waals surface area contributed by atoms with Gasteiger partial charge >= 0.3 is 0 Å². The van der Waals surface area contributed by atoms with Crippen molar-refractivity contribution in [2.45, 2.75) is 25.3 Å². The molecule has 0 amide bonds. The van der Waals surface area contributed by atoms with Crippen molar-refractivity contribution in [3.8, 4) is 0 Å². The molecule has 1 aromatic carbocycles. The molecule has 2 aromatic rings. The second kappa shape index (κ2) is 4.27. The first-order valence-electron chi connectivity index (χ1n) is 8.12. The number of benzene rings is 1. The Hall–Kier alpha value is -0.990. The first kappa shape index (κ1) is 12.5. The van der Waals surface area contributed by atoms with Crippen molar-refractivity contribution in [3.05, 3.63) is 35.0 Å². The number of furan rings is 1. The normalized spacial score (nSPS) is 37.9. The third-order valence-corrected chi connectivity index (χ3v) is 6.53. The molecule has 0 spiro atoms. The molecule has 3 fully saturated rings. The second-order valence-corrected chi connectivity index (χ2v) is 7.60. The van der Waals surface area contributed by atoms with E-state index in [1.807, 2.05) is 18.2 Å². The van der Waals surface area contributed by atoms with Gasteiger partial charge in [0.05, 0.1) is 6.04 Å². The molecule has 3 heteroatoms. The quantitative estimate of drug-likeness (QED) is 0.893. The minimum atomic E-state index is 0.370. The fraction of sp³-hybridized carbons (Fsp3) is 0.556. The SMILES string of the molecule is CNC(c1cc2cc(Cl)ccc2o1)C1C2C3CCC(C3)C21. The predicted molar refractivity (Wildman–Crippen MR) is 84.3 cm³/mol. The molecule has 1 aromatic heterocycles. The molecule has 1 heterocycles. The van der Waals surface area contributed by atoms with E-state index >= 15 is 0 Å². The maximum absolute atomic E-state index is 6.11. The molecular weight excluding hydrogens is 282 g/mol. The highest BCUT2D eigenvalue weighted by Crippen LogP contribution is 2.72. The van der Waals surface area contributed by atoms with Gasteiger partial charge in [0.25, 0.3) is 0 Å². The van der Waals surface area contributed by atoms with E-state index in [9.17, 15) is 0 Å². The maximum Gasteiger partial charge on any atom is 0.134 e. The van der Waals surface area contributed by atoms with Gasteiger partial charge in [0.15, 0.2) is 0 Å². The van der Waals surface area contributed by atoms with Gasteiger partial charge in [-0.3, -0.25) is 0 Å². The highest BCUT2D eigenvalue weighted by molar-refractivity contribution is 6.31. The summed E-state index contributed by atoms with van der Waals surface area (Å²) in [7, 11) is 2.07. The Morgan fingerprint density at radius 1 is 1.19 bits per heavy atom. The fourth-order valence-corrected chi connectivity index (χ4v) is 5.73. The highest BCUT2D eigenvalue weighted by Gasteiger charge is 2.67. The predicted octanol–water partition coefficient (Wildman–Crippen LogP) is 4.64. The molecule has 0 radical (unpaired) electrons. The van der Waals surface area contributed by atoms with Gasteiger partial charge in [0, 0.05) is 10.4 Å². The molecule has 110 valence electrons. The minimum Gasteiger partial charge on any atom is -0.459 e. The van der Waals surface area contributed by atoms with Crippen molar-refractivity contribution in [3.63, 3.8) is 0 Å². The van der Waals surface area contributed by atoms with Crippen LogP contribution < -0.4 is 5.32 Å². The van der Waals surface area contributed by atoms with Gasteiger partial charge in [0.1, 0.15) is 11.3 Å². The van der Waals surface area contributed by atoms with Gasteiger partial charge in [-0.25, -0.2) is 0 Å². The van der Waals surface area contributed by atoms with Gasteiger partial charge in [-0.05, 0) is 80.2 Å². The topological polar surface area (TPSA) is 25.2 Å². The van der Waals surface area contributed by atoms with Crippen LogP contribution in [0.4, 0.5) is 0 Å². The van der Waals surface area contributed by atoms with E-state index in [2.05, 4.69) is 18.4 Å². The molecule has 3 aliphatic rings. The van der Waals surface area contributed by atoms with E-state index < -0.39 is 0 Å². The number of hydrogen-bond acceptors (Lipinski definition) is 2. The van der Waals surface area contributed by atoms with Crippen LogP contribution in [0.15, 0.2) is 28.7 Å². The van der Waals surface area contributed by atoms with Crippen molar-refractivity contribution in [1.29, 1.82) is 0 Å². The molecule has 5 rings (SSSR count). The smallest absolute Gasteiger partial charge is 0.134 e. The van der Waals surface area contributed by atoms with E-state index in [1.165, 1.54) is 19.3 Å². The summed E-state index contributed by atoms with van der Waals surface area (Å²) in [6.45, 7) is 0. The van der Waals surface area contributed by atoms with Crippen LogP contribution in [-0.2, 0) is 0 Å². The number of hydrogen-bond donors (Lipinski definition) is 1. The van der Waals surface area contributed by atoms with Gasteiger partial charge < -0.3 is 9.73 Å². The zero-order valence-corrected chi connectivity index (χ0v) is 12.9. The summed E-state index contributed by atoms with van der Waals surface area (Å²) in [5.74, 6) is 5.79. The molecule has 0 aliphatic heterocycles. The maximum atomic E-state index is 6.11. The van der Waals surface area contributed by atoms with E-state index in [0.29, 0.717) is 6.04 Å². The average Bonchev–Trinajstić information content (AvgIpc) is 2.83. The molecule has 5 unspecified atom stereocenters. The summed E-state index contributed by atoms with van der Waals surface area (Å²) in [4.78, 5) is 0. The molecule has 2 nitrogen and oxygen atoms in total. The van der Waals surface area contributed by atoms with Gasteiger partial charge in [0.2, 0.25) is 0 Å². The Morgan fingerprint density at radius 3 is 2.67 bits per heavy atom. The lowest BCUT2D eigenvalue weighted by Gasteiger charge is -2.17. The Bertz CT molecular complexity index is 692. The second-order valence-electron chi connectivity index (χ2n) is 7.16. The Kier molecular flexibility index (Phi) is 2.55. The molecule has 1 N–H and O–H groups in total. The minimum absolute atomic E-state index is 0.370. The van der Waals surface area contributed by atoms with Crippen molar-refractivity contribution < 1.29 is 4.42 Å². The lowest BCUT2D eigenvalue weighted by atomic mass is 9.96. The van der Waals surface area contributed by atoms with Crippen LogP contribution >= 0.6 is 11.6 Å². The van der Waals surface area contributed by atoms with Crippen molar-refractivity contribution in [1.82, 2.24) is 5.32 Å². The van der Waals surface area contributed by atoms with E-state index in [0.717, 1.165) is 51.3 Å². The monoisotopic (exact) mass is 301 g/mol. The first-order valence-corrected chi connectivity index (χ1v) is 8.50. The number of fused-ring (bicyclic) bond motifs is 6. The van der Waals surface area contributed by atoms with E-state index in [-0.39, 0.29) is 0 Å². The summed E-state index contributed by atoms with van der Waals surface area (Å²) in [6.07, 6.45) is 4.43. The van der Waals surface area contributed by atoms with Crippen LogP contribution in [0.3, 0.4) is 0 Å². The average molecular weight is 302 g/mol. The van der Waals surface area contributed by atoms with Crippen LogP contribution in [-0.4, -0.2) is 7.05 Å². The van der Waals surface area contributed by atoms with Crippen LogP contribution in [0.2, 0.25) is 5.02 Å². The zero-order valence-electron chi connectivity index (χ0n) is 12.2. The molecule has 3 saturated carbocycles. The van der Waals surface area contributed by atoms with Crippen LogP contribution in [0.5, 0.6) is 0 Å². The molecule has 0 saturated heterocycles. The van der Waals surface area contributed by atoms with E-state index in [1.54, 1.807) is 0 Å². The van der Waals surface area contributed by atoms with Crippen molar-refractivity contribution in [2.75, 3.05) is 7.05 Å². The molecular formula is C18H20ClNO. The van der Waals surface area contributed by atoms with E-state index in [4.69, 9.17) is 16.0 Å². The Labute approximate surface area is 129 Å². The lowest BCUT2D eigenvalue weighted by molar-refractivity contribution is 0.345. The summed E-state index contributed by atoms with van der Waals surface area (Å²) >= 11 is 6.08. The third-order valence-electron chi connectivity index (χ3n) is 6.29. The number of halogens is 1. The lowest BCUT2D eigenvalue weighted by Crippen LogP contribution is -2.21.